The maximum absolute atomic E-state index is 12.5. The molecule has 108 valence electrons. The topological polar surface area (TPSA) is 75.6 Å². The highest BCUT2D eigenvalue weighted by molar-refractivity contribution is 7.08. The minimum atomic E-state index is -0.232. The average Bonchev–Trinajstić information content (AvgIpc) is 2.82. The third kappa shape index (κ3) is 4.22. The second-order valence-corrected chi connectivity index (χ2v) is 5.96. The molecule has 0 atom stereocenters. The number of ether oxygens (including phenoxy) is 1. The van der Waals surface area contributed by atoms with Gasteiger partial charge in [-0.25, -0.2) is 0 Å². The van der Waals surface area contributed by atoms with Crippen LogP contribution in [-0.2, 0) is 10.2 Å². The molecule has 0 spiro atoms. The predicted molar refractivity (Wildman–Crippen MR) is 73.5 cm³/mol. The molecule has 0 bridgehead atoms. The Morgan fingerprint density at radius 3 is 2.63 bits per heavy atom. The van der Waals surface area contributed by atoms with Gasteiger partial charge in [0.05, 0.1) is 18.9 Å². The summed E-state index contributed by atoms with van der Waals surface area (Å²) in [4.78, 5) is 14.6. The van der Waals surface area contributed by atoms with Crippen molar-refractivity contribution in [2.24, 2.45) is 0 Å². The maximum atomic E-state index is 12.5. The van der Waals surface area contributed by atoms with E-state index in [9.17, 15) is 4.79 Å². The van der Waals surface area contributed by atoms with Crippen LogP contribution in [0, 0.1) is 0 Å². The molecule has 1 heterocycles. The van der Waals surface area contributed by atoms with E-state index in [-0.39, 0.29) is 24.5 Å². The lowest BCUT2D eigenvalue weighted by molar-refractivity contribution is 0.0658. The Bertz CT molecular complexity index is 415. The minimum Gasteiger partial charge on any atom is -0.395 e. The number of methoxy groups -OCH3 is 1. The number of rotatable bonds is 6. The van der Waals surface area contributed by atoms with Crippen molar-refractivity contribution >= 4 is 17.4 Å². The Hall–Kier alpha value is -1.05. The molecular formula is C12H21N3O3S. The molecule has 1 rings (SSSR count). The first-order valence-corrected chi connectivity index (χ1v) is 6.91. The number of carbonyl (C=O) groups is 1. The van der Waals surface area contributed by atoms with Crippen molar-refractivity contribution in [3.8, 4) is 0 Å². The van der Waals surface area contributed by atoms with Crippen LogP contribution in [0.2, 0.25) is 0 Å². The molecule has 0 aliphatic heterocycles. The third-order valence-corrected chi connectivity index (χ3v) is 3.33. The van der Waals surface area contributed by atoms with Crippen LogP contribution in [0.1, 0.15) is 36.1 Å². The molecule has 1 amide bonds. The van der Waals surface area contributed by atoms with Crippen molar-refractivity contribution < 1.29 is 14.6 Å². The zero-order valence-corrected chi connectivity index (χ0v) is 12.7. The van der Waals surface area contributed by atoms with Crippen LogP contribution < -0.4 is 0 Å². The van der Waals surface area contributed by atoms with Crippen LogP contribution in [0.4, 0.5) is 0 Å². The quantitative estimate of drug-likeness (QED) is 0.842. The third-order valence-electron chi connectivity index (χ3n) is 2.62. The largest absolute Gasteiger partial charge is 0.395 e. The SMILES string of the molecule is COCCN(CCO)C(=O)c1snnc1C(C)(C)C. The second-order valence-electron chi connectivity index (χ2n) is 5.21. The van der Waals surface area contributed by atoms with Gasteiger partial charge < -0.3 is 14.7 Å². The molecule has 0 fully saturated rings. The molecule has 0 aromatic carbocycles. The van der Waals surface area contributed by atoms with Gasteiger partial charge in [-0.05, 0) is 11.5 Å². The molecule has 6 nitrogen and oxygen atoms in total. The predicted octanol–water partition coefficient (Wildman–Crippen LogP) is 0.917. The molecule has 0 saturated heterocycles. The lowest BCUT2D eigenvalue weighted by Crippen LogP contribution is -2.36. The number of hydrogen-bond donors (Lipinski definition) is 1. The Morgan fingerprint density at radius 2 is 2.11 bits per heavy atom. The van der Waals surface area contributed by atoms with Gasteiger partial charge in [0.1, 0.15) is 4.88 Å². The standard InChI is InChI=1S/C12H21N3O3S/c1-12(2,3)10-9(19-14-13-10)11(17)15(5-7-16)6-8-18-4/h16H,5-8H2,1-4H3. The zero-order valence-electron chi connectivity index (χ0n) is 11.8. The van der Waals surface area contributed by atoms with E-state index in [1.807, 2.05) is 20.8 Å². The number of carbonyl (C=O) groups excluding carboxylic acids is 1. The van der Waals surface area contributed by atoms with Crippen LogP contribution in [0.15, 0.2) is 0 Å². The van der Waals surface area contributed by atoms with Gasteiger partial charge in [0.15, 0.2) is 0 Å². The number of amides is 1. The summed E-state index contributed by atoms with van der Waals surface area (Å²) in [7, 11) is 1.58. The van der Waals surface area contributed by atoms with E-state index < -0.39 is 0 Å². The van der Waals surface area contributed by atoms with Crippen molar-refractivity contribution in [1.82, 2.24) is 14.5 Å². The Balaban J connectivity index is 2.93. The Kier molecular flexibility index (Phi) is 5.84. The fourth-order valence-electron chi connectivity index (χ4n) is 1.60. The van der Waals surface area contributed by atoms with Crippen molar-refractivity contribution in [3.63, 3.8) is 0 Å². The number of nitrogens with zero attached hydrogens (tertiary/aromatic N) is 3. The van der Waals surface area contributed by atoms with Crippen molar-refractivity contribution in [2.45, 2.75) is 26.2 Å². The smallest absolute Gasteiger partial charge is 0.267 e. The molecule has 0 unspecified atom stereocenters. The van der Waals surface area contributed by atoms with Gasteiger partial charge in [-0.15, -0.1) is 5.10 Å². The van der Waals surface area contributed by atoms with Crippen LogP contribution >= 0.6 is 11.5 Å². The molecule has 7 heteroatoms. The van der Waals surface area contributed by atoms with Crippen LogP contribution in [-0.4, -0.2) is 58.9 Å². The van der Waals surface area contributed by atoms with Crippen LogP contribution in [0.3, 0.4) is 0 Å². The normalized spacial score (nSPS) is 11.6. The van der Waals surface area contributed by atoms with E-state index >= 15 is 0 Å². The van der Waals surface area contributed by atoms with Crippen LogP contribution in [0.5, 0.6) is 0 Å². The van der Waals surface area contributed by atoms with Gasteiger partial charge in [0.2, 0.25) is 0 Å². The summed E-state index contributed by atoms with van der Waals surface area (Å²) in [5.74, 6) is -0.147. The van der Waals surface area contributed by atoms with Gasteiger partial charge in [-0.1, -0.05) is 25.3 Å². The van der Waals surface area contributed by atoms with E-state index in [2.05, 4.69) is 9.59 Å². The number of aliphatic hydroxyl groups is 1. The van der Waals surface area contributed by atoms with Gasteiger partial charge >= 0.3 is 0 Å². The molecule has 0 radical (unpaired) electrons. The fourth-order valence-corrected chi connectivity index (χ4v) is 2.45. The molecule has 1 aromatic heterocycles. The summed E-state index contributed by atoms with van der Waals surface area (Å²) in [6, 6.07) is 0. The van der Waals surface area contributed by atoms with Gasteiger partial charge in [-0.2, -0.15) is 0 Å². The molecule has 1 aromatic rings. The molecular weight excluding hydrogens is 266 g/mol. The van der Waals surface area contributed by atoms with Crippen molar-refractivity contribution in [3.05, 3.63) is 10.6 Å². The van der Waals surface area contributed by atoms with Crippen LogP contribution in [0.25, 0.3) is 0 Å². The summed E-state index contributed by atoms with van der Waals surface area (Å²) >= 11 is 1.10. The van der Waals surface area contributed by atoms with Crippen molar-refractivity contribution in [2.75, 3.05) is 33.4 Å². The number of hydrogen-bond acceptors (Lipinski definition) is 6. The number of aromatic nitrogens is 2. The zero-order chi connectivity index (χ0) is 14.5. The lowest BCUT2D eigenvalue weighted by Gasteiger charge is -2.23. The highest BCUT2D eigenvalue weighted by Gasteiger charge is 2.28. The first-order chi connectivity index (χ1) is 8.91. The van der Waals surface area contributed by atoms with E-state index in [1.165, 1.54) is 0 Å². The maximum Gasteiger partial charge on any atom is 0.267 e. The first kappa shape index (κ1) is 16.0. The van der Waals surface area contributed by atoms with Gasteiger partial charge in [0, 0.05) is 25.6 Å². The highest BCUT2D eigenvalue weighted by atomic mass is 32.1. The molecule has 0 aliphatic carbocycles. The van der Waals surface area contributed by atoms with Crippen molar-refractivity contribution in [1.29, 1.82) is 0 Å². The van der Waals surface area contributed by atoms with E-state index in [1.54, 1.807) is 12.0 Å². The minimum absolute atomic E-state index is 0.0768. The molecule has 0 saturated carbocycles. The highest BCUT2D eigenvalue weighted by Crippen LogP contribution is 2.26. The van der Waals surface area contributed by atoms with Gasteiger partial charge in [0.25, 0.3) is 5.91 Å². The summed E-state index contributed by atoms with van der Waals surface area (Å²) < 4.78 is 8.86. The lowest BCUT2D eigenvalue weighted by atomic mass is 9.91. The molecule has 19 heavy (non-hydrogen) atoms. The summed E-state index contributed by atoms with van der Waals surface area (Å²) in [6.45, 7) is 7.06. The Morgan fingerprint density at radius 1 is 1.42 bits per heavy atom. The fraction of sp³-hybridized carbons (Fsp3) is 0.750. The first-order valence-electron chi connectivity index (χ1n) is 6.13. The van der Waals surface area contributed by atoms with E-state index in [4.69, 9.17) is 9.84 Å². The average molecular weight is 287 g/mol. The molecule has 1 N–H and O–H groups in total. The second kappa shape index (κ2) is 6.93. The molecule has 0 aliphatic rings. The summed E-state index contributed by atoms with van der Waals surface area (Å²) in [6.07, 6.45) is 0. The van der Waals surface area contributed by atoms with E-state index in [0.717, 1.165) is 11.5 Å². The number of aliphatic hydroxyl groups excluding tert-OH is 1. The summed E-state index contributed by atoms with van der Waals surface area (Å²) in [5, 5.41) is 13.1. The Labute approximate surface area is 117 Å². The van der Waals surface area contributed by atoms with Gasteiger partial charge in [-0.3, -0.25) is 4.79 Å². The summed E-state index contributed by atoms with van der Waals surface area (Å²) in [5.41, 5.74) is 0.465. The monoisotopic (exact) mass is 287 g/mol. The van der Waals surface area contributed by atoms with E-state index in [0.29, 0.717) is 23.7 Å².